The number of benzene rings is 1. The van der Waals surface area contributed by atoms with E-state index in [2.05, 4.69) is 15.6 Å². The first-order valence-corrected chi connectivity index (χ1v) is 6.52. The summed E-state index contributed by atoms with van der Waals surface area (Å²) in [6.07, 6.45) is 3.58. The number of rotatable bonds is 2. The van der Waals surface area contributed by atoms with Crippen molar-refractivity contribution in [3.8, 4) is 6.19 Å². The van der Waals surface area contributed by atoms with Gasteiger partial charge < -0.3 is 5.32 Å². The lowest BCUT2D eigenvalue weighted by Crippen LogP contribution is -2.18. The third-order valence-corrected chi connectivity index (χ3v) is 2.92. The summed E-state index contributed by atoms with van der Waals surface area (Å²) < 4.78 is 0. The average molecular weight is 283 g/mol. The molecule has 0 heterocycles. The first kappa shape index (κ1) is 14.4. The Morgan fingerprint density at radius 2 is 2.28 bits per heavy atom. The fraction of sp³-hybridized carbons (Fsp3) is 0.182. The molecule has 2 N–H and O–H groups in total. The van der Waals surface area contributed by atoms with E-state index in [0.29, 0.717) is 21.4 Å². The Balaban J connectivity index is 3.12. The van der Waals surface area contributed by atoms with Crippen LogP contribution in [0.15, 0.2) is 23.2 Å². The highest BCUT2D eigenvalue weighted by molar-refractivity contribution is 8.13. The number of nitrogens with one attached hydrogen (secondary N) is 2. The maximum Gasteiger partial charge on any atom is 0.252 e. The second-order valence-electron chi connectivity index (χ2n) is 3.10. The zero-order valence-electron chi connectivity index (χ0n) is 9.82. The fourth-order valence-electron chi connectivity index (χ4n) is 1.18. The van der Waals surface area contributed by atoms with Crippen molar-refractivity contribution in [1.82, 2.24) is 10.6 Å². The maximum atomic E-state index is 11.6. The summed E-state index contributed by atoms with van der Waals surface area (Å²) in [7, 11) is 1.53. The van der Waals surface area contributed by atoms with Gasteiger partial charge in [0.25, 0.3) is 5.91 Å². The molecule has 1 aromatic carbocycles. The standard InChI is InChI=1S/C11H11ClN4OS/c1-14-10(17)8-5-7(3-4-9(8)12)16-11(18-2)15-6-13/h3-5H,1-2H3,(H,14,17)(H,15,16). The van der Waals surface area contributed by atoms with Gasteiger partial charge in [-0.15, -0.1) is 0 Å². The van der Waals surface area contributed by atoms with Crippen LogP contribution >= 0.6 is 23.4 Å². The quantitative estimate of drug-likeness (QED) is 0.377. The first-order chi connectivity index (χ1) is 8.62. The number of carbonyl (C=O) groups is 1. The number of thioether (sulfide) groups is 1. The largest absolute Gasteiger partial charge is 0.355 e. The number of hydrogen-bond acceptors (Lipinski definition) is 4. The second-order valence-corrected chi connectivity index (χ2v) is 4.30. The number of aliphatic imine (C=N–C) groups is 1. The van der Waals surface area contributed by atoms with Gasteiger partial charge in [-0.25, -0.2) is 4.99 Å². The Bertz CT molecular complexity index is 524. The van der Waals surface area contributed by atoms with E-state index in [4.69, 9.17) is 16.9 Å². The predicted octanol–water partition coefficient (Wildman–Crippen LogP) is 2.12. The van der Waals surface area contributed by atoms with Gasteiger partial charge in [-0.3, -0.25) is 10.1 Å². The smallest absolute Gasteiger partial charge is 0.252 e. The van der Waals surface area contributed by atoms with Crippen LogP contribution in [0.2, 0.25) is 5.02 Å². The summed E-state index contributed by atoms with van der Waals surface area (Å²) in [5, 5.41) is 14.3. The third kappa shape index (κ3) is 3.65. The molecule has 0 aliphatic carbocycles. The highest BCUT2D eigenvalue weighted by atomic mass is 35.5. The summed E-state index contributed by atoms with van der Waals surface area (Å²) in [6, 6.07) is 4.83. The number of halogens is 1. The summed E-state index contributed by atoms with van der Waals surface area (Å²) in [5.41, 5.74) is 0.892. The molecule has 1 amide bonds. The second kappa shape index (κ2) is 6.89. The Morgan fingerprint density at radius 3 is 2.83 bits per heavy atom. The molecule has 0 aromatic heterocycles. The Morgan fingerprint density at radius 1 is 1.56 bits per heavy atom. The molecule has 0 aliphatic heterocycles. The number of hydrogen-bond donors (Lipinski definition) is 2. The van der Waals surface area contributed by atoms with Crippen LogP contribution in [0.1, 0.15) is 10.4 Å². The molecule has 0 atom stereocenters. The Kier molecular flexibility index (Phi) is 5.49. The van der Waals surface area contributed by atoms with Crippen molar-refractivity contribution in [2.75, 3.05) is 13.3 Å². The summed E-state index contributed by atoms with van der Waals surface area (Å²) in [6.45, 7) is 0. The third-order valence-electron chi connectivity index (χ3n) is 2.01. The molecule has 1 aromatic rings. The topological polar surface area (TPSA) is 77.3 Å². The minimum atomic E-state index is -0.281. The highest BCUT2D eigenvalue weighted by Gasteiger charge is 2.09. The maximum absolute atomic E-state index is 11.6. The van der Waals surface area contributed by atoms with E-state index in [1.54, 1.807) is 30.6 Å². The number of amidine groups is 1. The molecule has 0 spiro atoms. The van der Waals surface area contributed by atoms with E-state index >= 15 is 0 Å². The lowest BCUT2D eigenvalue weighted by molar-refractivity contribution is 0.0963. The number of carbonyl (C=O) groups excluding carboxylic acids is 1. The lowest BCUT2D eigenvalue weighted by atomic mass is 10.2. The van der Waals surface area contributed by atoms with Crippen LogP contribution in [0.5, 0.6) is 0 Å². The van der Waals surface area contributed by atoms with Crippen LogP contribution in [0.25, 0.3) is 0 Å². The van der Waals surface area contributed by atoms with Crippen molar-refractivity contribution in [2.24, 2.45) is 4.99 Å². The zero-order valence-corrected chi connectivity index (χ0v) is 11.4. The van der Waals surface area contributed by atoms with Crippen molar-refractivity contribution in [3.63, 3.8) is 0 Å². The van der Waals surface area contributed by atoms with Gasteiger partial charge >= 0.3 is 0 Å². The average Bonchev–Trinajstić information content (AvgIpc) is 2.39. The van der Waals surface area contributed by atoms with Crippen molar-refractivity contribution in [3.05, 3.63) is 28.8 Å². The van der Waals surface area contributed by atoms with Gasteiger partial charge in [-0.2, -0.15) is 5.26 Å². The molecule has 0 aliphatic rings. The van der Waals surface area contributed by atoms with Crippen LogP contribution < -0.4 is 10.6 Å². The van der Waals surface area contributed by atoms with E-state index in [0.717, 1.165) is 0 Å². The van der Waals surface area contributed by atoms with Gasteiger partial charge in [-0.05, 0) is 24.5 Å². The van der Waals surface area contributed by atoms with Crippen LogP contribution in [0.4, 0.5) is 5.69 Å². The molecule has 0 saturated heterocycles. The van der Waals surface area contributed by atoms with Crippen molar-refractivity contribution in [1.29, 1.82) is 5.26 Å². The molecule has 0 bridgehead atoms. The molecule has 5 nitrogen and oxygen atoms in total. The fourth-order valence-corrected chi connectivity index (χ4v) is 1.73. The monoisotopic (exact) mass is 282 g/mol. The van der Waals surface area contributed by atoms with Crippen molar-refractivity contribution >= 4 is 40.1 Å². The van der Waals surface area contributed by atoms with E-state index in [9.17, 15) is 4.79 Å². The van der Waals surface area contributed by atoms with E-state index in [1.807, 2.05) is 0 Å². The molecule has 0 unspecified atom stereocenters. The summed E-state index contributed by atoms with van der Waals surface area (Å²) in [5.74, 6) is -0.281. The highest BCUT2D eigenvalue weighted by Crippen LogP contribution is 2.23. The molecule has 94 valence electrons. The predicted molar refractivity (Wildman–Crippen MR) is 74.2 cm³/mol. The van der Waals surface area contributed by atoms with E-state index < -0.39 is 0 Å². The van der Waals surface area contributed by atoms with Gasteiger partial charge in [0.05, 0.1) is 16.3 Å². The number of nitrogens with zero attached hydrogens (tertiary/aromatic N) is 2. The van der Waals surface area contributed by atoms with Gasteiger partial charge in [0.1, 0.15) is 0 Å². The SMILES string of the molecule is CNC(=O)c1cc(N=C(NC#N)SC)ccc1Cl. The number of amides is 1. The summed E-state index contributed by atoms with van der Waals surface area (Å²) >= 11 is 7.22. The molecule has 0 radical (unpaired) electrons. The summed E-state index contributed by atoms with van der Waals surface area (Å²) in [4.78, 5) is 15.7. The Hall–Kier alpha value is -1.71. The minimum absolute atomic E-state index is 0.281. The van der Waals surface area contributed by atoms with Gasteiger partial charge in [-0.1, -0.05) is 23.4 Å². The molecule has 0 fully saturated rings. The molecule has 7 heteroatoms. The van der Waals surface area contributed by atoms with E-state index in [1.165, 1.54) is 18.8 Å². The minimum Gasteiger partial charge on any atom is -0.355 e. The van der Waals surface area contributed by atoms with Gasteiger partial charge in [0, 0.05) is 7.05 Å². The molecular formula is C11H11ClN4OS. The van der Waals surface area contributed by atoms with Crippen LogP contribution in [-0.4, -0.2) is 24.4 Å². The first-order valence-electron chi connectivity index (χ1n) is 4.91. The molecular weight excluding hydrogens is 272 g/mol. The van der Waals surface area contributed by atoms with Crippen LogP contribution in [0.3, 0.4) is 0 Å². The molecule has 1 rings (SSSR count). The molecule has 18 heavy (non-hydrogen) atoms. The van der Waals surface area contributed by atoms with Crippen LogP contribution in [0, 0.1) is 11.5 Å². The normalized spacial score (nSPS) is 10.7. The van der Waals surface area contributed by atoms with E-state index in [-0.39, 0.29) is 5.91 Å². The lowest BCUT2D eigenvalue weighted by Gasteiger charge is -2.05. The molecule has 0 saturated carbocycles. The van der Waals surface area contributed by atoms with Crippen molar-refractivity contribution < 1.29 is 4.79 Å². The Labute approximate surface area is 114 Å². The van der Waals surface area contributed by atoms with Crippen LogP contribution in [-0.2, 0) is 0 Å². The van der Waals surface area contributed by atoms with Crippen molar-refractivity contribution in [2.45, 2.75) is 0 Å². The van der Waals surface area contributed by atoms with Gasteiger partial charge in [0.2, 0.25) is 0 Å². The van der Waals surface area contributed by atoms with Gasteiger partial charge in [0.15, 0.2) is 11.4 Å². The number of nitriles is 1. The zero-order chi connectivity index (χ0) is 13.5.